The third-order valence-corrected chi connectivity index (χ3v) is 3.90. The summed E-state index contributed by atoms with van der Waals surface area (Å²) in [4.78, 5) is 61.5. The van der Waals surface area contributed by atoms with Crippen LogP contribution in [0.3, 0.4) is 0 Å². The predicted octanol–water partition coefficient (Wildman–Crippen LogP) is 1.66. The van der Waals surface area contributed by atoms with Crippen molar-refractivity contribution in [1.82, 2.24) is 9.80 Å². The molecule has 0 radical (unpaired) electrons. The molecule has 0 spiro atoms. The fraction of sp³-hybridized carbons (Fsp3) is 0.389. The lowest BCUT2D eigenvalue weighted by Crippen LogP contribution is -2.39. The number of hydrogen-bond acceptors (Lipinski definition) is 5. The van der Waals surface area contributed by atoms with Gasteiger partial charge in [-0.2, -0.15) is 0 Å². The number of Topliss-reactive ketones (excluding diaryl/α,β-unsaturated/α-hetero) is 1. The van der Waals surface area contributed by atoms with Gasteiger partial charge in [-0.05, 0) is 38.1 Å². The molecule has 0 unspecified atom stereocenters. The van der Waals surface area contributed by atoms with Crippen molar-refractivity contribution >= 4 is 35.2 Å². The predicted molar refractivity (Wildman–Crippen MR) is 93.3 cm³/mol. The first-order valence-corrected chi connectivity index (χ1v) is 8.26. The van der Waals surface area contributed by atoms with Crippen molar-refractivity contribution in [2.45, 2.75) is 33.7 Å². The highest BCUT2D eigenvalue weighted by atomic mass is 16.2. The van der Waals surface area contributed by atoms with E-state index in [1.54, 1.807) is 39.8 Å². The zero-order valence-electron chi connectivity index (χ0n) is 15.1. The van der Waals surface area contributed by atoms with Crippen LogP contribution in [-0.4, -0.2) is 51.9 Å². The highest BCUT2D eigenvalue weighted by Crippen LogP contribution is 2.17. The van der Waals surface area contributed by atoms with Gasteiger partial charge in [0.15, 0.2) is 5.78 Å². The minimum absolute atomic E-state index is 0.148. The van der Waals surface area contributed by atoms with Gasteiger partial charge in [0.25, 0.3) is 0 Å². The van der Waals surface area contributed by atoms with E-state index in [2.05, 4.69) is 5.32 Å². The maximum atomic E-state index is 12.4. The molecule has 1 heterocycles. The first-order chi connectivity index (χ1) is 12.1. The van der Waals surface area contributed by atoms with E-state index in [9.17, 15) is 24.0 Å². The van der Waals surface area contributed by atoms with E-state index >= 15 is 0 Å². The van der Waals surface area contributed by atoms with Crippen molar-refractivity contribution < 1.29 is 24.0 Å². The zero-order chi connectivity index (χ0) is 19.6. The molecule has 0 bridgehead atoms. The highest BCUT2D eigenvalue weighted by Gasteiger charge is 2.46. The molecule has 1 N–H and O–H groups in total. The number of carbonyl (C=O) groups excluding carboxylic acids is 5. The van der Waals surface area contributed by atoms with Crippen LogP contribution in [0.15, 0.2) is 24.3 Å². The minimum atomic E-state index is -1.00. The fourth-order valence-electron chi connectivity index (χ4n) is 2.38. The van der Waals surface area contributed by atoms with Gasteiger partial charge in [0.2, 0.25) is 5.91 Å². The van der Waals surface area contributed by atoms with Crippen molar-refractivity contribution in [2.75, 3.05) is 11.9 Å². The number of amides is 5. The van der Waals surface area contributed by atoms with Crippen molar-refractivity contribution in [3.05, 3.63) is 29.8 Å². The standard InChI is InChI=1S/C18H21N3O5/c1-10(2)15(23)19-13-7-5-12(6-8-13)14(22)9-20-16(24)17(25)21(11(3)4)18(20)26/h5-8,10-11H,9H2,1-4H3,(H,19,23). The van der Waals surface area contributed by atoms with E-state index in [4.69, 9.17) is 0 Å². The van der Waals surface area contributed by atoms with Crippen LogP contribution in [-0.2, 0) is 14.4 Å². The van der Waals surface area contributed by atoms with Crippen molar-refractivity contribution in [1.29, 1.82) is 0 Å². The van der Waals surface area contributed by atoms with Gasteiger partial charge in [0, 0.05) is 23.2 Å². The number of hydrogen-bond donors (Lipinski definition) is 1. The van der Waals surface area contributed by atoms with Crippen LogP contribution >= 0.6 is 0 Å². The summed E-state index contributed by atoms with van der Waals surface area (Å²) in [6.45, 7) is 6.24. The van der Waals surface area contributed by atoms with Gasteiger partial charge in [-0.25, -0.2) is 9.69 Å². The molecular formula is C18H21N3O5. The molecule has 8 nitrogen and oxygen atoms in total. The summed E-state index contributed by atoms with van der Waals surface area (Å²) >= 11 is 0. The van der Waals surface area contributed by atoms with Gasteiger partial charge in [0.05, 0.1) is 6.54 Å². The second kappa shape index (κ2) is 7.47. The number of ketones is 1. The zero-order valence-corrected chi connectivity index (χ0v) is 15.1. The monoisotopic (exact) mass is 359 g/mol. The summed E-state index contributed by atoms with van der Waals surface area (Å²) in [6.07, 6.45) is 0. The van der Waals surface area contributed by atoms with Crippen LogP contribution < -0.4 is 5.32 Å². The normalized spacial score (nSPS) is 14.6. The molecule has 1 saturated heterocycles. The van der Waals surface area contributed by atoms with Crippen LogP contribution in [0.2, 0.25) is 0 Å². The van der Waals surface area contributed by atoms with Crippen LogP contribution in [0.4, 0.5) is 10.5 Å². The Morgan fingerprint density at radius 3 is 2.00 bits per heavy atom. The highest BCUT2D eigenvalue weighted by molar-refractivity contribution is 6.45. The summed E-state index contributed by atoms with van der Waals surface area (Å²) in [6, 6.07) is 4.85. The van der Waals surface area contributed by atoms with Crippen LogP contribution in [0.5, 0.6) is 0 Å². The molecular weight excluding hydrogens is 338 g/mol. The van der Waals surface area contributed by atoms with Gasteiger partial charge in [0.1, 0.15) is 0 Å². The largest absolute Gasteiger partial charge is 0.334 e. The van der Waals surface area contributed by atoms with E-state index in [-0.39, 0.29) is 17.4 Å². The Morgan fingerprint density at radius 1 is 0.962 bits per heavy atom. The van der Waals surface area contributed by atoms with Crippen LogP contribution in [0, 0.1) is 5.92 Å². The second-order valence-electron chi connectivity index (χ2n) is 6.59. The number of imide groups is 2. The molecule has 1 aromatic carbocycles. The Kier molecular flexibility index (Phi) is 5.54. The summed E-state index contributed by atoms with van der Waals surface area (Å²) in [5.41, 5.74) is 0.804. The molecule has 138 valence electrons. The first-order valence-electron chi connectivity index (χ1n) is 8.26. The average Bonchev–Trinajstić information content (AvgIpc) is 2.78. The van der Waals surface area contributed by atoms with E-state index < -0.39 is 36.2 Å². The van der Waals surface area contributed by atoms with Gasteiger partial charge in [-0.1, -0.05) is 13.8 Å². The molecule has 26 heavy (non-hydrogen) atoms. The van der Waals surface area contributed by atoms with Crippen LogP contribution in [0.25, 0.3) is 0 Å². The Bertz CT molecular complexity index is 768. The van der Waals surface area contributed by atoms with Gasteiger partial charge in [-0.15, -0.1) is 0 Å². The smallest absolute Gasteiger partial charge is 0.326 e. The average molecular weight is 359 g/mol. The summed E-state index contributed by atoms with van der Waals surface area (Å²) in [7, 11) is 0. The van der Waals surface area contributed by atoms with Crippen molar-refractivity contribution in [2.24, 2.45) is 5.92 Å². The number of urea groups is 1. The SMILES string of the molecule is CC(C)C(=O)Nc1ccc(C(=O)CN2C(=O)C(=O)N(C(C)C)C2=O)cc1. The Hall–Kier alpha value is -3.03. The number of rotatable bonds is 6. The van der Waals surface area contributed by atoms with Gasteiger partial charge < -0.3 is 5.32 Å². The van der Waals surface area contributed by atoms with E-state index in [1.165, 1.54) is 12.1 Å². The lowest BCUT2D eigenvalue weighted by Gasteiger charge is -2.18. The molecule has 0 aliphatic carbocycles. The van der Waals surface area contributed by atoms with E-state index in [0.29, 0.717) is 10.6 Å². The maximum absolute atomic E-state index is 12.4. The third-order valence-electron chi connectivity index (χ3n) is 3.90. The first kappa shape index (κ1) is 19.3. The molecule has 0 atom stereocenters. The molecule has 1 aromatic rings. The third kappa shape index (κ3) is 3.79. The quantitative estimate of drug-likeness (QED) is 0.473. The summed E-state index contributed by atoms with van der Waals surface area (Å²) in [5.74, 6) is -2.73. The number of nitrogens with zero attached hydrogens (tertiary/aromatic N) is 2. The summed E-state index contributed by atoms with van der Waals surface area (Å²) < 4.78 is 0. The number of carbonyl (C=O) groups is 5. The van der Waals surface area contributed by atoms with Gasteiger partial charge >= 0.3 is 17.8 Å². The number of nitrogens with one attached hydrogen (secondary N) is 1. The lowest BCUT2D eigenvalue weighted by molar-refractivity contribution is -0.143. The minimum Gasteiger partial charge on any atom is -0.326 e. The molecule has 0 saturated carbocycles. The van der Waals surface area contributed by atoms with Crippen molar-refractivity contribution in [3.63, 3.8) is 0 Å². The van der Waals surface area contributed by atoms with Crippen molar-refractivity contribution in [3.8, 4) is 0 Å². The molecule has 1 aliphatic heterocycles. The lowest BCUT2D eigenvalue weighted by atomic mass is 10.1. The fourth-order valence-corrected chi connectivity index (χ4v) is 2.38. The van der Waals surface area contributed by atoms with E-state index in [0.717, 1.165) is 4.90 Å². The number of benzene rings is 1. The molecule has 8 heteroatoms. The van der Waals surface area contributed by atoms with Crippen LogP contribution in [0.1, 0.15) is 38.1 Å². The van der Waals surface area contributed by atoms with Gasteiger partial charge in [-0.3, -0.25) is 24.1 Å². The topological polar surface area (TPSA) is 104 Å². The maximum Gasteiger partial charge on any atom is 0.334 e. The molecule has 1 aliphatic rings. The Labute approximate surface area is 151 Å². The molecule has 0 aromatic heterocycles. The molecule has 2 rings (SSSR count). The number of anilines is 1. The Morgan fingerprint density at radius 2 is 1.54 bits per heavy atom. The summed E-state index contributed by atoms with van der Waals surface area (Å²) in [5, 5.41) is 2.70. The second-order valence-corrected chi connectivity index (χ2v) is 6.59. The van der Waals surface area contributed by atoms with E-state index in [1.807, 2.05) is 0 Å². The molecule has 1 fully saturated rings. The molecule has 5 amide bonds. The Balaban J connectivity index is 2.08.